The van der Waals surface area contributed by atoms with Gasteiger partial charge < -0.3 is 15.5 Å². The summed E-state index contributed by atoms with van der Waals surface area (Å²) in [5.74, 6) is 0.266. The lowest BCUT2D eigenvalue weighted by molar-refractivity contribution is 0.475. The molecule has 0 saturated carbocycles. The van der Waals surface area contributed by atoms with Crippen molar-refractivity contribution >= 4 is 17.0 Å². The van der Waals surface area contributed by atoms with Crippen LogP contribution in [0, 0.1) is 0 Å². The van der Waals surface area contributed by atoms with E-state index >= 15 is 0 Å². The van der Waals surface area contributed by atoms with Gasteiger partial charge in [0, 0.05) is 11.4 Å². The number of anilines is 1. The minimum absolute atomic E-state index is 0. The molecule has 3 heteroatoms. The minimum atomic E-state index is 0. The minimum Gasteiger partial charge on any atom is -0.508 e. The van der Waals surface area contributed by atoms with Crippen molar-refractivity contribution in [1.29, 1.82) is 0 Å². The van der Waals surface area contributed by atoms with Gasteiger partial charge >= 0.3 is 0 Å². The number of allylic oxidation sites excluding steroid dienone is 2. The standard InChI is InChI=1S/C29H23NO.H2O/c31-27-18-16-26(17-19-27)30-28(23-12-6-2-7-13-23)20-25(22-10-4-1-5-11-22)21-29(30)24-14-8-3-9-15-24;/h1-21,28,31H;1H2. The van der Waals surface area contributed by atoms with Crippen molar-refractivity contribution < 1.29 is 10.6 Å². The molecule has 5 rings (SSSR count). The van der Waals surface area contributed by atoms with Crippen LogP contribution in [-0.2, 0) is 0 Å². The van der Waals surface area contributed by atoms with Crippen LogP contribution in [0.3, 0.4) is 0 Å². The van der Waals surface area contributed by atoms with Crippen LogP contribution in [0.5, 0.6) is 5.75 Å². The molecule has 32 heavy (non-hydrogen) atoms. The Morgan fingerprint density at radius 2 is 1.12 bits per heavy atom. The highest BCUT2D eigenvalue weighted by molar-refractivity contribution is 5.93. The molecule has 1 aliphatic heterocycles. The quantitative estimate of drug-likeness (QED) is 0.425. The Balaban J connectivity index is 0.00000245. The molecule has 158 valence electrons. The van der Waals surface area contributed by atoms with Gasteiger partial charge in [-0.25, -0.2) is 0 Å². The van der Waals surface area contributed by atoms with Crippen LogP contribution in [0.1, 0.15) is 22.7 Å². The van der Waals surface area contributed by atoms with Crippen LogP contribution >= 0.6 is 0 Å². The zero-order valence-electron chi connectivity index (χ0n) is 17.6. The van der Waals surface area contributed by atoms with E-state index < -0.39 is 0 Å². The molecule has 1 atom stereocenters. The number of hydrogen-bond donors (Lipinski definition) is 1. The molecule has 0 saturated heterocycles. The highest BCUT2D eigenvalue weighted by atomic mass is 16.3. The van der Waals surface area contributed by atoms with E-state index in [-0.39, 0.29) is 17.3 Å². The summed E-state index contributed by atoms with van der Waals surface area (Å²) in [5, 5.41) is 9.87. The van der Waals surface area contributed by atoms with Crippen molar-refractivity contribution in [3.8, 4) is 5.75 Å². The third kappa shape index (κ3) is 4.20. The van der Waals surface area contributed by atoms with Gasteiger partial charge in [0.1, 0.15) is 5.75 Å². The van der Waals surface area contributed by atoms with Gasteiger partial charge in [0.2, 0.25) is 0 Å². The zero-order valence-corrected chi connectivity index (χ0v) is 17.6. The third-order valence-corrected chi connectivity index (χ3v) is 5.61. The first-order valence-corrected chi connectivity index (χ1v) is 10.5. The molecule has 3 N–H and O–H groups in total. The summed E-state index contributed by atoms with van der Waals surface area (Å²) in [5.41, 5.74) is 6.92. The number of aromatic hydroxyl groups is 1. The molecule has 0 amide bonds. The fraction of sp³-hybridized carbons (Fsp3) is 0.0345. The molecule has 1 aliphatic rings. The van der Waals surface area contributed by atoms with Crippen molar-refractivity contribution in [1.82, 2.24) is 0 Å². The van der Waals surface area contributed by atoms with E-state index in [9.17, 15) is 5.11 Å². The number of hydrogen-bond acceptors (Lipinski definition) is 2. The molecule has 0 spiro atoms. The number of nitrogens with zero attached hydrogens (tertiary/aromatic N) is 1. The Hall–Kier alpha value is -4.08. The van der Waals surface area contributed by atoms with Crippen LogP contribution in [0.25, 0.3) is 11.3 Å². The maximum atomic E-state index is 9.87. The summed E-state index contributed by atoms with van der Waals surface area (Å²) in [4.78, 5) is 2.34. The maximum absolute atomic E-state index is 9.87. The van der Waals surface area contributed by atoms with Crippen LogP contribution in [0.4, 0.5) is 5.69 Å². The van der Waals surface area contributed by atoms with Crippen molar-refractivity contribution in [2.45, 2.75) is 6.04 Å². The van der Waals surface area contributed by atoms with Crippen molar-refractivity contribution in [2.75, 3.05) is 4.90 Å². The van der Waals surface area contributed by atoms with Crippen LogP contribution in [-0.4, -0.2) is 10.6 Å². The molecule has 4 aromatic rings. The van der Waals surface area contributed by atoms with Gasteiger partial charge in [0.05, 0.1) is 6.04 Å². The molecular weight excluding hydrogens is 394 g/mol. The van der Waals surface area contributed by atoms with Gasteiger partial charge in [-0.15, -0.1) is 0 Å². The van der Waals surface area contributed by atoms with Gasteiger partial charge in [0.25, 0.3) is 0 Å². The molecule has 0 radical (unpaired) electrons. The summed E-state index contributed by atoms with van der Waals surface area (Å²) in [6.45, 7) is 0. The summed E-state index contributed by atoms with van der Waals surface area (Å²) in [6.07, 6.45) is 4.58. The largest absolute Gasteiger partial charge is 0.508 e. The van der Waals surface area contributed by atoms with Gasteiger partial charge in [-0.2, -0.15) is 0 Å². The average Bonchev–Trinajstić information content (AvgIpc) is 2.85. The normalized spacial score (nSPS) is 15.4. The summed E-state index contributed by atoms with van der Waals surface area (Å²) < 4.78 is 0. The van der Waals surface area contributed by atoms with Crippen LogP contribution in [0.15, 0.2) is 127 Å². The number of phenolic OH excluding ortho intramolecular Hbond substituents is 1. The van der Waals surface area contributed by atoms with E-state index in [0.29, 0.717) is 0 Å². The number of phenols is 1. The van der Waals surface area contributed by atoms with E-state index in [2.05, 4.69) is 89.8 Å². The van der Waals surface area contributed by atoms with E-state index in [0.717, 1.165) is 16.9 Å². The summed E-state index contributed by atoms with van der Waals surface area (Å²) >= 11 is 0. The van der Waals surface area contributed by atoms with Gasteiger partial charge in [0.15, 0.2) is 0 Å². The Morgan fingerprint density at radius 1 is 0.594 bits per heavy atom. The van der Waals surface area contributed by atoms with E-state index in [1.807, 2.05) is 30.3 Å². The molecule has 0 aliphatic carbocycles. The first-order chi connectivity index (χ1) is 15.3. The zero-order chi connectivity index (χ0) is 21.0. The third-order valence-electron chi connectivity index (χ3n) is 5.61. The molecule has 3 nitrogen and oxygen atoms in total. The SMILES string of the molecule is O.Oc1ccc(N2C(c3ccccc3)=CC(c3ccccc3)=CC2c2ccccc2)cc1. The molecule has 0 fully saturated rings. The Kier molecular flexibility index (Phi) is 6.20. The molecule has 1 heterocycles. The lowest BCUT2D eigenvalue weighted by Crippen LogP contribution is -2.28. The van der Waals surface area contributed by atoms with E-state index in [1.165, 1.54) is 16.7 Å². The summed E-state index contributed by atoms with van der Waals surface area (Å²) in [6, 6.07) is 39.0. The molecular formula is C29H25NO2. The predicted molar refractivity (Wildman–Crippen MR) is 132 cm³/mol. The second-order valence-electron chi connectivity index (χ2n) is 7.63. The van der Waals surface area contributed by atoms with Crippen molar-refractivity contribution in [3.63, 3.8) is 0 Å². The van der Waals surface area contributed by atoms with Crippen molar-refractivity contribution in [2.24, 2.45) is 0 Å². The first kappa shape index (κ1) is 21.2. The Labute approximate surface area is 188 Å². The first-order valence-electron chi connectivity index (χ1n) is 10.5. The highest BCUT2D eigenvalue weighted by Gasteiger charge is 2.28. The molecule has 4 aromatic carbocycles. The topological polar surface area (TPSA) is 55.0 Å². The fourth-order valence-corrected chi connectivity index (χ4v) is 4.11. The predicted octanol–water partition coefficient (Wildman–Crippen LogP) is 6.25. The average molecular weight is 420 g/mol. The van der Waals surface area contributed by atoms with Crippen LogP contribution < -0.4 is 4.90 Å². The molecule has 1 unspecified atom stereocenters. The van der Waals surface area contributed by atoms with Crippen LogP contribution in [0.2, 0.25) is 0 Å². The monoisotopic (exact) mass is 419 g/mol. The lowest BCUT2D eigenvalue weighted by atomic mass is 9.91. The van der Waals surface area contributed by atoms with Gasteiger partial charge in [-0.3, -0.25) is 0 Å². The van der Waals surface area contributed by atoms with E-state index in [1.54, 1.807) is 12.1 Å². The Morgan fingerprint density at radius 3 is 1.72 bits per heavy atom. The molecule has 0 aromatic heterocycles. The fourth-order valence-electron chi connectivity index (χ4n) is 4.11. The second-order valence-corrected chi connectivity index (χ2v) is 7.63. The summed E-state index contributed by atoms with van der Waals surface area (Å²) in [7, 11) is 0. The van der Waals surface area contributed by atoms with Gasteiger partial charge in [-0.1, -0.05) is 91.0 Å². The van der Waals surface area contributed by atoms with Gasteiger partial charge in [-0.05, 0) is 58.7 Å². The highest BCUT2D eigenvalue weighted by Crippen LogP contribution is 2.42. The maximum Gasteiger partial charge on any atom is 0.115 e. The number of rotatable bonds is 4. The van der Waals surface area contributed by atoms with E-state index in [4.69, 9.17) is 0 Å². The smallest absolute Gasteiger partial charge is 0.115 e. The Bertz CT molecular complexity index is 1210. The van der Waals surface area contributed by atoms with Crippen molar-refractivity contribution in [3.05, 3.63) is 144 Å². The number of benzene rings is 4. The molecule has 0 bridgehead atoms. The lowest BCUT2D eigenvalue weighted by Gasteiger charge is -2.38. The second kappa shape index (κ2) is 9.38.